The number of methoxy groups -OCH3 is 3. The molecule has 2 aliphatic heterocycles. The maximum absolute atomic E-state index is 11.2. The summed E-state index contributed by atoms with van der Waals surface area (Å²) in [7, 11) is 4.70. The zero-order valence-electron chi connectivity index (χ0n) is 13.7. The molecule has 6 nitrogen and oxygen atoms in total. The van der Waals surface area contributed by atoms with Gasteiger partial charge in [0, 0.05) is 17.2 Å². The van der Waals surface area contributed by atoms with Gasteiger partial charge in [-0.15, -0.1) is 0 Å². The van der Waals surface area contributed by atoms with Crippen molar-refractivity contribution in [3.63, 3.8) is 0 Å². The third-order valence-electron chi connectivity index (χ3n) is 4.59. The van der Waals surface area contributed by atoms with Crippen LogP contribution in [0.1, 0.15) is 17.2 Å². The van der Waals surface area contributed by atoms with Gasteiger partial charge in [-0.1, -0.05) is 0 Å². The monoisotopic (exact) mass is 330 g/mol. The Morgan fingerprint density at radius 2 is 1.92 bits per heavy atom. The summed E-state index contributed by atoms with van der Waals surface area (Å²) in [5.74, 6) is 2.83. The molecule has 0 radical (unpaired) electrons. The molecule has 1 N–H and O–H groups in total. The fraction of sp³-hybridized carbons (Fsp3) is 0.333. The summed E-state index contributed by atoms with van der Waals surface area (Å²) < 4.78 is 27.9. The molecule has 0 unspecified atom stereocenters. The van der Waals surface area contributed by atoms with Crippen molar-refractivity contribution in [1.29, 1.82) is 0 Å². The van der Waals surface area contributed by atoms with Crippen molar-refractivity contribution in [2.75, 3.05) is 27.9 Å². The largest absolute Gasteiger partial charge is 0.497 e. The van der Waals surface area contributed by atoms with Crippen LogP contribution in [-0.2, 0) is 5.60 Å². The maximum Gasteiger partial charge on any atom is 0.203 e. The number of aliphatic hydroxyl groups is 1. The molecule has 4 rings (SSSR count). The van der Waals surface area contributed by atoms with Crippen LogP contribution in [-0.4, -0.2) is 33.0 Å². The minimum atomic E-state index is -1.28. The van der Waals surface area contributed by atoms with E-state index in [4.69, 9.17) is 23.7 Å². The van der Waals surface area contributed by atoms with Gasteiger partial charge in [-0.3, -0.25) is 0 Å². The van der Waals surface area contributed by atoms with E-state index in [1.54, 1.807) is 39.5 Å². The van der Waals surface area contributed by atoms with Gasteiger partial charge in [-0.25, -0.2) is 0 Å². The zero-order chi connectivity index (χ0) is 16.9. The molecule has 2 aromatic carbocycles. The van der Waals surface area contributed by atoms with Crippen molar-refractivity contribution in [3.05, 3.63) is 41.5 Å². The lowest BCUT2D eigenvalue weighted by Crippen LogP contribution is -2.41. The number of hydrogen-bond donors (Lipinski definition) is 1. The van der Waals surface area contributed by atoms with Crippen molar-refractivity contribution >= 4 is 0 Å². The first kappa shape index (κ1) is 15.0. The number of benzene rings is 2. The molecule has 0 aliphatic carbocycles. The number of ether oxygens (including phenoxy) is 5. The lowest BCUT2D eigenvalue weighted by molar-refractivity contribution is -0.0865. The predicted molar refractivity (Wildman–Crippen MR) is 85.3 cm³/mol. The van der Waals surface area contributed by atoms with Crippen LogP contribution < -0.4 is 23.7 Å². The fourth-order valence-electron chi connectivity index (χ4n) is 3.36. The highest BCUT2D eigenvalue weighted by Crippen LogP contribution is 2.58. The number of rotatable bonds is 3. The molecule has 6 heteroatoms. The van der Waals surface area contributed by atoms with Crippen molar-refractivity contribution < 1.29 is 28.8 Å². The molecule has 126 valence electrons. The normalized spacial score (nSPS) is 23.2. The minimum absolute atomic E-state index is 0.0836. The van der Waals surface area contributed by atoms with E-state index in [0.29, 0.717) is 34.3 Å². The molecule has 2 aliphatic rings. The van der Waals surface area contributed by atoms with Gasteiger partial charge in [-0.2, -0.15) is 0 Å². The van der Waals surface area contributed by atoms with Crippen LogP contribution in [0.4, 0.5) is 0 Å². The lowest BCUT2D eigenvalue weighted by Gasteiger charge is -2.34. The van der Waals surface area contributed by atoms with Gasteiger partial charge in [0.05, 0.1) is 21.3 Å². The first-order valence-corrected chi connectivity index (χ1v) is 7.57. The first-order chi connectivity index (χ1) is 11.6. The molecule has 0 bridgehead atoms. The van der Waals surface area contributed by atoms with Gasteiger partial charge < -0.3 is 28.8 Å². The van der Waals surface area contributed by atoms with E-state index >= 15 is 0 Å². The molecule has 0 fully saturated rings. The molecule has 0 saturated carbocycles. The first-order valence-electron chi connectivity index (χ1n) is 7.57. The average Bonchev–Trinajstić information content (AvgIpc) is 2.93. The highest BCUT2D eigenvalue weighted by molar-refractivity contribution is 5.62. The van der Waals surface area contributed by atoms with Crippen molar-refractivity contribution in [2.24, 2.45) is 0 Å². The van der Waals surface area contributed by atoms with E-state index in [1.807, 2.05) is 12.1 Å². The Bertz CT molecular complexity index is 802. The Morgan fingerprint density at radius 3 is 2.62 bits per heavy atom. The van der Waals surface area contributed by atoms with Gasteiger partial charge in [0.1, 0.15) is 18.1 Å². The van der Waals surface area contributed by atoms with E-state index < -0.39 is 11.7 Å². The molecule has 0 saturated heterocycles. The van der Waals surface area contributed by atoms with Crippen molar-refractivity contribution in [1.82, 2.24) is 0 Å². The van der Waals surface area contributed by atoms with Crippen LogP contribution in [0.2, 0.25) is 0 Å². The SMILES string of the molecule is COc1ccc2c(c1)OC[C@]1(O)c3ccc(OC)c(OC)c3O[C@H]21. The minimum Gasteiger partial charge on any atom is -0.497 e. The number of hydrogen-bond acceptors (Lipinski definition) is 6. The van der Waals surface area contributed by atoms with E-state index in [0.717, 1.165) is 5.56 Å². The van der Waals surface area contributed by atoms with Gasteiger partial charge in [0.25, 0.3) is 0 Å². The van der Waals surface area contributed by atoms with Gasteiger partial charge in [-0.05, 0) is 24.3 Å². The third kappa shape index (κ3) is 1.86. The van der Waals surface area contributed by atoms with E-state index in [1.165, 1.54) is 0 Å². The zero-order valence-corrected chi connectivity index (χ0v) is 13.7. The average molecular weight is 330 g/mol. The Morgan fingerprint density at radius 1 is 1.08 bits per heavy atom. The molecular weight excluding hydrogens is 312 g/mol. The quantitative estimate of drug-likeness (QED) is 0.932. The maximum atomic E-state index is 11.2. The second-order valence-electron chi connectivity index (χ2n) is 5.79. The molecule has 2 aromatic rings. The highest BCUT2D eigenvalue weighted by atomic mass is 16.6. The number of fused-ring (bicyclic) bond motifs is 5. The second-order valence-corrected chi connectivity index (χ2v) is 5.79. The van der Waals surface area contributed by atoms with Crippen LogP contribution in [0, 0.1) is 0 Å². The van der Waals surface area contributed by atoms with Gasteiger partial charge in [0.2, 0.25) is 5.75 Å². The Kier molecular flexibility index (Phi) is 3.25. The van der Waals surface area contributed by atoms with Crippen LogP contribution in [0.5, 0.6) is 28.7 Å². The fourth-order valence-corrected chi connectivity index (χ4v) is 3.36. The summed E-state index contributed by atoms with van der Waals surface area (Å²) in [6.45, 7) is 0.0836. The summed E-state index contributed by atoms with van der Waals surface area (Å²) >= 11 is 0. The topological polar surface area (TPSA) is 66.4 Å². The summed E-state index contributed by atoms with van der Waals surface area (Å²) in [5.41, 5.74) is 0.115. The molecule has 0 amide bonds. The summed E-state index contributed by atoms with van der Waals surface area (Å²) in [4.78, 5) is 0. The standard InChI is InChI=1S/C18H18O6/c1-20-10-4-5-11-14(8-10)23-9-18(19)12-6-7-13(21-2)16(22-3)15(12)24-17(11)18/h4-8,17,19H,9H2,1-3H3/t17-,18+/m1/s1. The molecule has 2 heterocycles. The summed E-state index contributed by atoms with van der Waals surface area (Å²) in [6, 6.07) is 9.00. The van der Waals surface area contributed by atoms with Crippen LogP contribution in [0.3, 0.4) is 0 Å². The van der Waals surface area contributed by atoms with Gasteiger partial charge >= 0.3 is 0 Å². The van der Waals surface area contributed by atoms with Gasteiger partial charge in [0.15, 0.2) is 23.2 Å². The Hall–Kier alpha value is -2.60. The van der Waals surface area contributed by atoms with Crippen LogP contribution in [0.25, 0.3) is 0 Å². The highest BCUT2D eigenvalue weighted by Gasteiger charge is 2.54. The molecule has 0 spiro atoms. The van der Waals surface area contributed by atoms with Crippen molar-refractivity contribution in [2.45, 2.75) is 11.7 Å². The molecule has 0 aromatic heterocycles. The predicted octanol–water partition coefficient (Wildman–Crippen LogP) is 2.43. The molecule has 2 atom stereocenters. The van der Waals surface area contributed by atoms with Crippen LogP contribution in [0.15, 0.2) is 30.3 Å². The second kappa shape index (κ2) is 5.21. The van der Waals surface area contributed by atoms with Crippen molar-refractivity contribution in [3.8, 4) is 28.7 Å². The van der Waals surface area contributed by atoms with E-state index in [2.05, 4.69) is 0 Å². The Balaban J connectivity index is 1.85. The van der Waals surface area contributed by atoms with Crippen LogP contribution >= 0.6 is 0 Å². The van der Waals surface area contributed by atoms with E-state index in [-0.39, 0.29) is 6.61 Å². The summed E-state index contributed by atoms with van der Waals surface area (Å²) in [5, 5.41) is 11.2. The smallest absolute Gasteiger partial charge is 0.203 e. The van der Waals surface area contributed by atoms with E-state index in [9.17, 15) is 5.11 Å². The lowest BCUT2D eigenvalue weighted by atomic mass is 9.85. The summed E-state index contributed by atoms with van der Waals surface area (Å²) in [6.07, 6.45) is -0.580. The molecule has 24 heavy (non-hydrogen) atoms. The Labute approximate surface area is 139 Å². The molecular formula is C18H18O6. The third-order valence-corrected chi connectivity index (χ3v) is 4.59.